The molecule has 5 nitrogen and oxygen atoms in total. The van der Waals surface area contributed by atoms with Crippen LogP contribution in [-0.2, 0) is 10.0 Å². The van der Waals surface area contributed by atoms with Gasteiger partial charge >= 0.3 is 0 Å². The van der Waals surface area contributed by atoms with Crippen molar-refractivity contribution < 1.29 is 17.9 Å². The van der Waals surface area contributed by atoms with Crippen LogP contribution in [0.25, 0.3) is 0 Å². The number of aliphatic hydroxyl groups is 1. The van der Waals surface area contributed by atoms with E-state index < -0.39 is 21.4 Å². The molecule has 0 bridgehead atoms. The van der Waals surface area contributed by atoms with Gasteiger partial charge < -0.3 is 10.8 Å². The van der Waals surface area contributed by atoms with Crippen LogP contribution in [0.2, 0.25) is 0 Å². The minimum Gasteiger partial charge on any atom is -0.396 e. The van der Waals surface area contributed by atoms with Crippen LogP contribution in [0, 0.1) is 12.7 Å². The summed E-state index contributed by atoms with van der Waals surface area (Å²) in [7, 11) is -3.73. The van der Waals surface area contributed by atoms with E-state index >= 15 is 0 Å². The Morgan fingerprint density at radius 1 is 1.47 bits per heavy atom. The van der Waals surface area contributed by atoms with E-state index in [-0.39, 0.29) is 23.7 Å². The SMILES string of the molecule is CCC1(O)CN(S(=O)(=O)c2cc(N)c(F)cc2C)C1. The predicted octanol–water partition coefficient (Wildman–Crippen LogP) is 0.862. The fourth-order valence-corrected chi connectivity index (χ4v) is 3.93. The fraction of sp³-hybridized carbons (Fsp3) is 0.500. The maximum absolute atomic E-state index is 13.2. The maximum atomic E-state index is 13.2. The number of benzene rings is 1. The minimum absolute atomic E-state index is 0.00967. The molecule has 0 radical (unpaired) electrons. The zero-order chi connectivity index (χ0) is 14.4. The highest BCUT2D eigenvalue weighted by molar-refractivity contribution is 7.89. The van der Waals surface area contributed by atoms with Gasteiger partial charge in [-0.1, -0.05) is 6.92 Å². The molecule has 0 amide bonds. The first-order valence-electron chi connectivity index (χ1n) is 5.98. The van der Waals surface area contributed by atoms with Gasteiger partial charge in [0.1, 0.15) is 5.82 Å². The molecule has 0 unspecified atom stereocenters. The summed E-state index contributed by atoms with van der Waals surface area (Å²) in [5.74, 6) is -0.634. The smallest absolute Gasteiger partial charge is 0.243 e. The molecule has 1 saturated heterocycles. The quantitative estimate of drug-likeness (QED) is 0.808. The molecule has 2 rings (SSSR count). The number of sulfonamides is 1. The standard InChI is InChI=1S/C12H17FN2O3S/c1-3-12(16)6-15(7-12)19(17,18)11-5-10(14)9(13)4-8(11)2/h4-5,16H,3,6-7,14H2,1-2H3. The summed E-state index contributed by atoms with van der Waals surface area (Å²) in [6, 6.07) is 2.23. The Labute approximate surface area is 111 Å². The average Bonchev–Trinajstić information content (AvgIpc) is 2.29. The lowest BCUT2D eigenvalue weighted by atomic mass is 9.94. The van der Waals surface area contributed by atoms with Crippen LogP contribution in [0.1, 0.15) is 18.9 Å². The second-order valence-electron chi connectivity index (χ2n) is 4.99. The highest BCUT2D eigenvalue weighted by Gasteiger charge is 2.46. The summed E-state index contributed by atoms with van der Waals surface area (Å²) < 4.78 is 39.1. The second kappa shape index (κ2) is 4.43. The van der Waals surface area contributed by atoms with Crippen LogP contribution in [0.5, 0.6) is 0 Å². The van der Waals surface area contributed by atoms with Crippen LogP contribution in [0.15, 0.2) is 17.0 Å². The molecule has 3 N–H and O–H groups in total. The second-order valence-corrected chi connectivity index (χ2v) is 6.90. The summed E-state index contributed by atoms with van der Waals surface area (Å²) in [6.07, 6.45) is 0.490. The minimum atomic E-state index is -3.73. The number of anilines is 1. The van der Waals surface area contributed by atoms with Crippen LogP contribution in [0.3, 0.4) is 0 Å². The summed E-state index contributed by atoms with van der Waals surface area (Å²) >= 11 is 0. The van der Waals surface area contributed by atoms with Crippen molar-refractivity contribution in [1.29, 1.82) is 0 Å². The zero-order valence-corrected chi connectivity index (χ0v) is 11.7. The van der Waals surface area contributed by atoms with Crippen molar-refractivity contribution in [2.24, 2.45) is 0 Å². The summed E-state index contributed by atoms with van der Waals surface area (Å²) in [5.41, 5.74) is 4.57. The first-order valence-corrected chi connectivity index (χ1v) is 7.42. The first-order chi connectivity index (χ1) is 8.69. The molecule has 1 aliphatic rings. The molecule has 1 aromatic rings. The van der Waals surface area contributed by atoms with Gasteiger partial charge in [-0.15, -0.1) is 0 Å². The Hall–Kier alpha value is -1.18. The topological polar surface area (TPSA) is 83.6 Å². The number of β-amino-alcohol motifs (C(OH)–C–C–N with tert-alkyl or cyclic N) is 1. The van der Waals surface area contributed by atoms with E-state index in [0.29, 0.717) is 12.0 Å². The van der Waals surface area contributed by atoms with Crippen molar-refractivity contribution in [3.8, 4) is 0 Å². The molecule has 1 fully saturated rings. The van der Waals surface area contributed by atoms with Crippen LogP contribution >= 0.6 is 0 Å². The van der Waals surface area contributed by atoms with Gasteiger partial charge in [0.05, 0.1) is 16.2 Å². The summed E-state index contributed by atoms with van der Waals surface area (Å²) in [4.78, 5) is -0.00967. The van der Waals surface area contributed by atoms with Crippen molar-refractivity contribution in [2.45, 2.75) is 30.8 Å². The molecule has 1 heterocycles. The van der Waals surface area contributed by atoms with E-state index in [2.05, 4.69) is 0 Å². The molecule has 106 valence electrons. The van der Waals surface area contributed by atoms with Crippen LogP contribution in [0.4, 0.5) is 10.1 Å². The normalized spacial score (nSPS) is 19.2. The van der Waals surface area contributed by atoms with E-state index in [1.54, 1.807) is 6.92 Å². The third-order valence-corrected chi connectivity index (χ3v) is 5.45. The van der Waals surface area contributed by atoms with E-state index in [0.717, 1.165) is 12.1 Å². The van der Waals surface area contributed by atoms with Crippen molar-refractivity contribution in [3.63, 3.8) is 0 Å². The lowest BCUT2D eigenvalue weighted by molar-refractivity contribution is -0.0613. The number of hydrogen-bond donors (Lipinski definition) is 2. The van der Waals surface area contributed by atoms with Gasteiger partial charge in [-0.2, -0.15) is 4.31 Å². The zero-order valence-electron chi connectivity index (χ0n) is 10.9. The highest BCUT2D eigenvalue weighted by Crippen LogP contribution is 2.32. The van der Waals surface area contributed by atoms with E-state index in [9.17, 15) is 17.9 Å². The highest BCUT2D eigenvalue weighted by atomic mass is 32.2. The molecule has 1 aromatic carbocycles. The molecule has 0 saturated carbocycles. The molecule has 19 heavy (non-hydrogen) atoms. The lowest BCUT2D eigenvalue weighted by Crippen LogP contribution is -2.62. The van der Waals surface area contributed by atoms with Crippen molar-refractivity contribution in [3.05, 3.63) is 23.5 Å². The van der Waals surface area contributed by atoms with Crippen molar-refractivity contribution in [1.82, 2.24) is 4.31 Å². The van der Waals surface area contributed by atoms with Gasteiger partial charge in [-0.25, -0.2) is 12.8 Å². The molecule has 0 aliphatic carbocycles. The number of halogens is 1. The van der Waals surface area contributed by atoms with Crippen LogP contribution in [-0.4, -0.2) is 36.5 Å². The van der Waals surface area contributed by atoms with Gasteiger partial charge in [0, 0.05) is 13.1 Å². The lowest BCUT2D eigenvalue weighted by Gasteiger charge is -2.45. The Morgan fingerprint density at radius 2 is 2.05 bits per heavy atom. The first kappa shape index (κ1) is 14.2. The Morgan fingerprint density at radius 3 is 2.58 bits per heavy atom. The van der Waals surface area contributed by atoms with E-state index in [4.69, 9.17) is 5.73 Å². The van der Waals surface area contributed by atoms with Gasteiger partial charge in [-0.3, -0.25) is 0 Å². The number of nitrogen functional groups attached to an aromatic ring is 1. The van der Waals surface area contributed by atoms with Gasteiger partial charge in [-0.05, 0) is 31.0 Å². The van der Waals surface area contributed by atoms with Crippen LogP contribution < -0.4 is 5.73 Å². The average molecular weight is 288 g/mol. The molecule has 0 spiro atoms. The number of hydrogen-bond acceptors (Lipinski definition) is 4. The molecule has 7 heteroatoms. The predicted molar refractivity (Wildman–Crippen MR) is 69.5 cm³/mol. The Kier molecular flexibility index (Phi) is 3.32. The van der Waals surface area contributed by atoms with Gasteiger partial charge in [0.15, 0.2) is 0 Å². The molecular formula is C12H17FN2O3S. The van der Waals surface area contributed by atoms with Crippen molar-refractivity contribution >= 4 is 15.7 Å². The summed E-state index contributed by atoms with van der Waals surface area (Å²) in [6.45, 7) is 3.43. The maximum Gasteiger partial charge on any atom is 0.243 e. The number of nitrogens with two attached hydrogens (primary N) is 1. The molecule has 1 aliphatic heterocycles. The third kappa shape index (κ3) is 2.33. The van der Waals surface area contributed by atoms with Gasteiger partial charge in [0.2, 0.25) is 10.0 Å². The molecular weight excluding hydrogens is 271 g/mol. The van der Waals surface area contributed by atoms with E-state index in [1.165, 1.54) is 11.2 Å². The number of aryl methyl sites for hydroxylation is 1. The fourth-order valence-electron chi connectivity index (χ4n) is 2.09. The number of nitrogens with zero attached hydrogens (tertiary/aromatic N) is 1. The number of rotatable bonds is 3. The third-order valence-electron chi connectivity index (χ3n) is 3.51. The van der Waals surface area contributed by atoms with Crippen molar-refractivity contribution in [2.75, 3.05) is 18.8 Å². The molecule has 0 atom stereocenters. The van der Waals surface area contributed by atoms with Gasteiger partial charge in [0.25, 0.3) is 0 Å². The largest absolute Gasteiger partial charge is 0.396 e. The monoisotopic (exact) mass is 288 g/mol. The summed E-state index contributed by atoms with van der Waals surface area (Å²) in [5, 5.41) is 9.88. The molecule has 0 aromatic heterocycles. The van der Waals surface area contributed by atoms with E-state index in [1.807, 2.05) is 0 Å². The Bertz CT molecular complexity index is 610. The Balaban J connectivity index is 2.35.